The Morgan fingerprint density at radius 2 is 2.19 bits per heavy atom. The second-order valence-corrected chi connectivity index (χ2v) is 7.34. The molecule has 1 aromatic heterocycles. The molecule has 0 saturated carbocycles. The number of carbonyl (C=O) groups excluding carboxylic acids is 1. The molecule has 4 rings (SSSR count). The van der Waals surface area contributed by atoms with E-state index in [0.717, 1.165) is 21.8 Å². The van der Waals surface area contributed by atoms with Crippen molar-refractivity contribution in [2.24, 2.45) is 4.99 Å². The van der Waals surface area contributed by atoms with Gasteiger partial charge in [0.1, 0.15) is 5.71 Å². The third-order valence-electron chi connectivity index (χ3n) is 4.06. The SMILES string of the molecule is CC1(C)C(=O)C2=Nc3cc(Cl)ccc3SC2c2[nH]ncc21. The molecule has 1 unspecified atom stereocenters. The molecule has 1 aliphatic carbocycles. The molecule has 0 fully saturated rings. The minimum Gasteiger partial charge on any atom is -0.292 e. The summed E-state index contributed by atoms with van der Waals surface area (Å²) in [4.78, 5) is 18.4. The van der Waals surface area contributed by atoms with E-state index < -0.39 is 5.41 Å². The van der Waals surface area contributed by atoms with Gasteiger partial charge >= 0.3 is 0 Å². The number of fused-ring (bicyclic) bond motifs is 4. The second-order valence-electron chi connectivity index (χ2n) is 5.76. The van der Waals surface area contributed by atoms with Gasteiger partial charge in [0, 0.05) is 15.5 Å². The minimum absolute atomic E-state index is 0.0551. The molecule has 106 valence electrons. The van der Waals surface area contributed by atoms with Crippen LogP contribution in [0.25, 0.3) is 0 Å². The number of hydrogen-bond acceptors (Lipinski definition) is 4. The molecule has 21 heavy (non-hydrogen) atoms. The third kappa shape index (κ3) is 1.74. The molecule has 0 spiro atoms. The summed E-state index contributed by atoms with van der Waals surface area (Å²) in [5, 5.41) is 7.69. The van der Waals surface area contributed by atoms with Crippen molar-refractivity contribution in [3.8, 4) is 0 Å². The Morgan fingerprint density at radius 1 is 1.38 bits per heavy atom. The Balaban J connectivity index is 1.96. The lowest BCUT2D eigenvalue weighted by atomic mass is 9.73. The Labute approximate surface area is 131 Å². The van der Waals surface area contributed by atoms with Crippen LogP contribution in [0, 0.1) is 0 Å². The number of rotatable bonds is 0. The van der Waals surface area contributed by atoms with Gasteiger partial charge in [-0.05, 0) is 32.0 Å². The summed E-state index contributed by atoms with van der Waals surface area (Å²) in [5.41, 5.74) is 2.68. The summed E-state index contributed by atoms with van der Waals surface area (Å²) in [6, 6.07) is 5.59. The monoisotopic (exact) mass is 317 g/mol. The normalized spacial score (nSPS) is 22.1. The Bertz CT molecular complexity index is 809. The lowest BCUT2D eigenvalue weighted by Gasteiger charge is -2.35. The smallest absolute Gasteiger partial charge is 0.188 e. The predicted octanol–water partition coefficient (Wildman–Crippen LogP) is 3.84. The molecule has 0 saturated heterocycles. The van der Waals surface area contributed by atoms with E-state index in [1.165, 1.54) is 0 Å². The first-order valence-electron chi connectivity index (χ1n) is 6.62. The summed E-state index contributed by atoms with van der Waals surface area (Å²) < 4.78 is 0. The van der Waals surface area contributed by atoms with E-state index in [1.807, 2.05) is 26.0 Å². The molecule has 1 N–H and O–H groups in total. The van der Waals surface area contributed by atoms with E-state index in [-0.39, 0.29) is 11.0 Å². The third-order valence-corrected chi connectivity index (χ3v) is 5.59. The quantitative estimate of drug-likeness (QED) is 0.803. The van der Waals surface area contributed by atoms with Gasteiger partial charge in [0.15, 0.2) is 5.78 Å². The zero-order chi connectivity index (χ0) is 14.8. The fraction of sp³-hybridized carbons (Fsp3) is 0.267. The fourth-order valence-electron chi connectivity index (χ4n) is 2.85. The van der Waals surface area contributed by atoms with Crippen LogP contribution in [0.4, 0.5) is 5.69 Å². The summed E-state index contributed by atoms with van der Waals surface area (Å²) in [6.45, 7) is 3.83. The number of aromatic nitrogens is 2. The number of ketones is 1. The standard InChI is InChI=1S/C15H12ClN3OS/c1-15(2)8-6-17-19-11(8)13-12(14(15)20)18-9-5-7(16)3-4-10(9)21-13/h3-6,13H,1-2H3,(H,17,19). The van der Waals surface area contributed by atoms with Crippen LogP contribution in [0.5, 0.6) is 0 Å². The molecule has 2 aromatic rings. The molecular formula is C15H12ClN3OS. The van der Waals surface area contributed by atoms with Gasteiger partial charge in [0.05, 0.1) is 28.2 Å². The number of H-pyrrole nitrogens is 1. The molecule has 2 aliphatic rings. The number of Topliss-reactive ketones (excluding diaryl/α,β-unsaturated/α-hetero) is 1. The zero-order valence-corrected chi connectivity index (χ0v) is 13.0. The molecule has 4 nitrogen and oxygen atoms in total. The molecule has 6 heteroatoms. The molecule has 0 radical (unpaired) electrons. The van der Waals surface area contributed by atoms with Crippen LogP contribution in [-0.2, 0) is 10.2 Å². The first kappa shape index (κ1) is 13.1. The predicted molar refractivity (Wildman–Crippen MR) is 83.8 cm³/mol. The van der Waals surface area contributed by atoms with Crippen LogP contribution >= 0.6 is 23.4 Å². The Morgan fingerprint density at radius 3 is 3.00 bits per heavy atom. The number of nitrogens with one attached hydrogen (secondary N) is 1. The maximum Gasteiger partial charge on any atom is 0.188 e. The number of thioether (sulfide) groups is 1. The lowest BCUT2D eigenvalue weighted by Crippen LogP contribution is -2.43. The second kappa shape index (κ2) is 4.21. The van der Waals surface area contributed by atoms with Gasteiger partial charge in [-0.25, -0.2) is 4.99 Å². The number of benzene rings is 1. The number of carbonyl (C=O) groups is 1. The molecular weight excluding hydrogens is 306 g/mol. The fourth-order valence-corrected chi connectivity index (χ4v) is 4.21. The van der Waals surface area contributed by atoms with E-state index in [9.17, 15) is 4.79 Å². The maximum absolute atomic E-state index is 12.8. The van der Waals surface area contributed by atoms with E-state index >= 15 is 0 Å². The van der Waals surface area contributed by atoms with Gasteiger partial charge in [-0.3, -0.25) is 9.89 Å². The van der Waals surface area contributed by atoms with Crippen LogP contribution in [-0.4, -0.2) is 21.7 Å². The first-order valence-corrected chi connectivity index (χ1v) is 7.87. The largest absolute Gasteiger partial charge is 0.292 e. The highest BCUT2D eigenvalue weighted by Gasteiger charge is 2.47. The number of aromatic amines is 1. The highest BCUT2D eigenvalue weighted by atomic mass is 35.5. The van der Waals surface area contributed by atoms with Crippen molar-refractivity contribution in [3.05, 3.63) is 40.7 Å². The number of halogens is 1. The van der Waals surface area contributed by atoms with E-state index in [4.69, 9.17) is 11.6 Å². The van der Waals surface area contributed by atoms with Crippen molar-refractivity contribution in [2.75, 3.05) is 0 Å². The van der Waals surface area contributed by atoms with Crippen molar-refractivity contribution in [1.29, 1.82) is 0 Å². The van der Waals surface area contributed by atoms with Crippen LogP contribution in [0.2, 0.25) is 5.02 Å². The minimum atomic E-state index is -0.603. The van der Waals surface area contributed by atoms with Gasteiger partial charge in [-0.15, -0.1) is 11.8 Å². The summed E-state index contributed by atoms with van der Waals surface area (Å²) in [6.07, 6.45) is 1.75. The Kier molecular flexibility index (Phi) is 2.63. The molecule has 2 heterocycles. The van der Waals surface area contributed by atoms with Gasteiger partial charge < -0.3 is 0 Å². The highest BCUT2D eigenvalue weighted by molar-refractivity contribution is 8.00. The number of nitrogens with zero attached hydrogens (tertiary/aromatic N) is 2. The van der Waals surface area contributed by atoms with E-state index in [0.29, 0.717) is 10.7 Å². The number of hydrogen-bond donors (Lipinski definition) is 1. The van der Waals surface area contributed by atoms with Gasteiger partial charge in [-0.1, -0.05) is 11.6 Å². The lowest BCUT2D eigenvalue weighted by molar-refractivity contribution is -0.117. The van der Waals surface area contributed by atoms with Crippen LogP contribution < -0.4 is 0 Å². The molecule has 1 aromatic carbocycles. The van der Waals surface area contributed by atoms with Crippen LogP contribution in [0.1, 0.15) is 30.4 Å². The molecule has 1 aliphatic heterocycles. The summed E-state index contributed by atoms with van der Waals surface area (Å²) in [5.74, 6) is 0.0551. The molecule has 0 bridgehead atoms. The van der Waals surface area contributed by atoms with E-state index in [1.54, 1.807) is 24.0 Å². The zero-order valence-electron chi connectivity index (χ0n) is 11.5. The van der Waals surface area contributed by atoms with Crippen molar-refractivity contribution >= 4 is 40.5 Å². The highest BCUT2D eigenvalue weighted by Crippen LogP contribution is 2.51. The Hall–Kier alpha value is -1.59. The van der Waals surface area contributed by atoms with Gasteiger partial charge in [0.25, 0.3) is 0 Å². The van der Waals surface area contributed by atoms with Crippen molar-refractivity contribution in [2.45, 2.75) is 29.4 Å². The average Bonchev–Trinajstić information content (AvgIpc) is 2.94. The molecule has 1 atom stereocenters. The summed E-state index contributed by atoms with van der Waals surface area (Å²) in [7, 11) is 0. The first-order chi connectivity index (χ1) is 9.98. The van der Waals surface area contributed by atoms with Crippen molar-refractivity contribution < 1.29 is 4.79 Å². The van der Waals surface area contributed by atoms with Crippen LogP contribution in [0.15, 0.2) is 34.3 Å². The van der Waals surface area contributed by atoms with Crippen molar-refractivity contribution in [1.82, 2.24) is 10.2 Å². The topological polar surface area (TPSA) is 58.1 Å². The van der Waals surface area contributed by atoms with Crippen molar-refractivity contribution in [3.63, 3.8) is 0 Å². The molecule has 0 amide bonds. The van der Waals surface area contributed by atoms with Gasteiger partial charge in [0.2, 0.25) is 0 Å². The maximum atomic E-state index is 12.8. The number of aliphatic imine (C=N–C) groups is 1. The van der Waals surface area contributed by atoms with E-state index in [2.05, 4.69) is 15.2 Å². The summed E-state index contributed by atoms with van der Waals surface area (Å²) >= 11 is 7.65. The van der Waals surface area contributed by atoms with Gasteiger partial charge in [-0.2, -0.15) is 5.10 Å². The van der Waals surface area contributed by atoms with Crippen LogP contribution in [0.3, 0.4) is 0 Å². The average molecular weight is 318 g/mol.